The minimum atomic E-state index is -4.68. The largest absolute Gasteiger partial charge is 0.457 e. The fourth-order valence-corrected chi connectivity index (χ4v) is 4.31. The number of carbonyl (C=O) groups excluding carboxylic acids is 2. The minimum absolute atomic E-state index is 0.0625. The zero-order valence-corrected chi connectivity index (χ0v) is 20.7. The first-order valence-corrected chi connectivity index (χ1v) is 12.3. The Balaban J connectivity index is 1.46. The molecule has 0 aliphatic heterocycles. The van der Waals surface area contributed by atoms with E-state index in [-0.39, 0.29) is 18.5 Å². The predicted octanol–water partition coefficient (Wildman–Crippen LogP) is 5.31. The average Bonchev–Trinajstić information content (AvgIpc) is 3.36. The van der Waals surface area contributed by atoms with Crippen molar-refractivity contribution in [2.75, 3.05) is 17.2 Å². The molecule has 0 unspecified atom stereocenters. The summed E-state index contributed by atoms with van der Waals surface area (Å²) in [5, 5.41) is 8.46. The van der Waals surface area contributed by atoms with Gasteiger partial charge in [-0.1, -0.05) is 36.8 Å². The molecule has 38 heavy (non-hydrogen) atoms. The van der Waals surface area contributed by atoms with Crippen LogP contribution in [0, 0.1) is 5.92 Å². The van der Waals surface area contributed by atoms with E-state index < -0.39 is 35.5 Å². The van der Waals surface area contributed by atoms with Crippen molar-refractivity contribution < 1.29 is 27.5 Å². The Morgan fingerprint density at radius 3 is 2.47 bits per heavy atom. The summed E-state index contributed by atoms with van der Waals surface area (Å²) in [4.78, 5) is 32.6. The van der Waals surface area contributed by atoms with Crippen molar-refractivity contribution in [1.29, 1.82) is 0 Å². The standard InChI is InChI=1S/C27H28F3N5O3/c1-2-31-24(36)20-9-6-10-22(20)34-23-21(27(28,29)30)15-32-26(35-23)33-19-13-11-18(12-14-19)25(37)38-16-17-7-4-3-5-8-17/h3-5,7-8,11-15,20,22H,2,6,9-10,16H2,1H3,(H,31,36)(H2,32,33,34,35)/t20-,22+/m0/s1. The van der Waals surface area contributed by atoms with E-state index in [1.54, 1.807) is 19.1 Å². The molecule has 2 aromatic carbocycles. The normalized spacial score (nSPS) is 17.1. The lowest BCUT2D eigenvalue weighted by Crippen LogP contribution is -2.38. The zero-order chi connectivity index (χ0) is 27.1. The summed E-state index contributed by atoms with van der Waals surface area (Å²) in [5.74, 6) is -1.59. The maximum absolute atomic E-state index is 13.7. The third kappa shape index (κ3) is 6.78. The van der Waals surface area contributed by atoms with Gasteiger partial charge in [-0.05, 0) is 49.6 Å². The summed E-state index contributed by atoms with van der Waals surface area (Å²) < 4.78 is 46.4. The lowest BCUT2D eigenvalue weighted by molar-refractivity contribution is -0.137. The molecule has 0 spiro atoms. The van der Waals surface area contributed by atoms with Crippen LogP contribution in [0.1, 0.15) is 47.7 Å². The van der Waals surface area contributed by atoms with E-state index in [0.717, 1.165) is 12.0 Å². The number of halogens is 3. The van der Waals surface area contributed by atoms with Gasteiger partial charge in [0, 0.05) is 24.5 Å². The van der Waals surface area contributed by atoms with Gasteiger partial charge in [-0.25, -0.2) is 9.78 Å². The van der Waals surface area contributed by atoms with Crippen LogP contribution in [0.3, 0.4) is 0 Å². The van der Waals surface area contributed by atoms with Crippen molar-refractivity contribution in [3.05, 3.63) is 77.5 Å². The van der Waals surface area contributed by atoms with Crippen molar-refractivity contribution in [2.24, 2.45) is 5.92 Å². The van der Waals surface area contributed by atoms with Gasteiger partial charge in [0.05, 0.1) is 11.5 Å². The molecule has 200 valence electrons. The highest BCUT2D eigenvalue weighted by Crippen LogP contribution is 2.36. The summed E-state index contributed by atoms with van der Waals surface area (Å²) in [7, 11) is 0. The number of carbonyl (C=O) groups is 2. The number of amides is 1. The van der Waals surface area contributed by atoms with Crippen LogP contribution in [0.15, 0.2) is 60.8 Å². The smallest absolute Gasteiger partial charge is 0.421 e. The second-order valence-electron chi connectivity index (χ2n) is 8.90. The Morgan fingerprint density at radius 2 is 1.79 bits per heavy atom. The number of nitrogens with zero attached hydrogens (tertiary/aromatic N) is 2. The molecule has 1 aromatic heterocycles. The lowest BCUT2D eigenvalue weighted by Gasteiger charge is -2.23. The van der Waals surface area contributed by atoms with Gasteiger partial charge in [-0.2, -0.15) is 18.2 Å². The fourth-order valence-electron chi connectivity index (χ4n) is 4.31. The fraction of sp³-hybridized carbons (Fsp3) is 0.333. The predicted molar refractivity (Wildman–Crippen MR) is 136 cm³/mol. The topological polar surface area (TPSA) is 105 Å². The molecule has 3 aromatic rings. The maximum atomic E-state index is 13.7. The van der Waals surface area contributed by atoms with Crippen LogP contribution in [-0.4, -0.2) is 34.4 Å². The third-order valence-corrected chi connectivity index (χ3v) is 6.21. The van der Waals surface area contributed by atoms with Crippen molar-refractivity contribution in [2.45, 2.75) is 45.0 Å². The molecule has 0 bridgehead atoms. The molecule has 0 saturated heterocycles. The molecule has 0 radical (unpaired) electrons. The van der Waals surface area contributed by atoms with Crippen LogP contribution in [-0.2, 0) is 22.3 Å². The summed E-state index contributed by atoms with van der Waals surface area (Å²) >= 11 is 0. The highest BCUT2D eigenvalue weighted by Gasteiger charge is 2.38. The number of ether oxygens (including phenoxy) is 1. The molecule has 1 saturated carbocycles. The molecule has 1 aliphatic rings. The van der Waals surface area contributed by atoms with Gasteiger partial charge in [-0.15, -0.1) is 0 Å². The number of aromatic nitrogens is 2. The summed E-state index contributed by atoms with van der Waals surface area (Å²) in [5.41, 5.74) is 0.634. The van der Waals surface area contributed by atoms with E-state index in [9.17, 15) is 22.8 Å². The van der Waals surface area contributed by atoms with E-state index in [1.807, 2.05) is 30.3 Å². The number of hydrogen-bond acceptors (Lipinski definition) is 7. The van der Waals surface area contributed by atoms with Crippen molar-refractivity contribution in [3.8, 4) is 0 Å². The van der Waals surface area contributed by atoms with Crippen LogP contribution in [0.2, 0.25) is 0 Å². The highest BCUT2D eigenvalue weighted by atomic mass is 19.4. The van der Waals surface area contributed by atoms with Crippen LogP contribution in [0.4, 0.5) is 30.6 Å². The molecule has 1 amide bonds. The van der Waals surface area contributed by atoms with Crippen LogP contribution in [0.25, 0.3) is 0 Å². The number of alkyl halides is 3. The first-order valence-electron chi connectivity index (χ1n) is 12.3. The maximum Gasteiger partial charge on any atom is 0.421 e. The molecule has 1 fully saturated rings. The first kappa shape index (κ1) is 26.9. The number of benzene rings is 2. The number of anilines is 3. The first-order chi connectivity index (χ1) is 18.2. The quantitative estimate of drug-likeness (QED) is 0.324. The van der Waals surface area contributed by atoms with Gasteiger partial charge < -0.3 is 20.7 Å². The van der Waals surface area contributed by atoms with Crippen LogP contribution < -0.4 is 16.0 Å². The monoisotopic (exact) mass is 527 g/mol. The highest BCUT2D eigenvalue weighted by molar-refractivity contribution is 5.89. The van der Waals surface area contributed by atoms with Crippen molar-refractivity contribution >= 4 is 29.3 Å². The molecule has 4 rings (SSSR count). The average molecular weight is 528 g/mol. The minimum Gasteiger partial charge on any atom is -0.457 e. The second kappa shape index (κ2) is 11.9. The van der Waals surface area contributed by atoms with Crippen LogP contribution in [0.5, 0.6) is 0 Å². The van der Waals surface area contributed by atoms with E-state index in [4.69, 9.17) is 4.74 Å². The Hall–Kier alpha value is -4.15. The Bertz CT molecular complexity index is 1250. The van der Waals surface area contributed by atoms with Crippen molar-refractivity contribution in [3.63, 3.8) is 0 Å². The number of hydrogen-bond donors (Lipinski definition) is 3. The van der Waals surface area contributed by atoms with E-state index in [2.05, 4.69) is 25.9 Å². The SMILES string of the molecule is CCNC(=O)[C@H]1CCC[C@H]1Nc1nc(Nc2ccc(C(=O)OCc3ccccc3)cc2)ncc1C(F)(F)F. The summed E-state index contributed by atoms with van der Waals surface area (Å²) in [6, 6.07) is 15.0. The van der Waals surface area contributed by atoms with E-state index >= 15 is 0 Å². The van der Waals surface area contributed by atoms with Gasteiger partial charge in [-0.3, -0.25) is 4.79 Å². The number of nitrogens with one attached hydrogen (secondary N) is 3. The number of rotatable bonds is 9. The van der Waals surface area contributed by atoms with Gasteiger partial charge in [0.15, 0.2) is 0 Å². The third-order valence-electron chi connectivity index (χ3n) is 6.21. The summed E-state index contributed by atoms with van der Waals surface area (Å²) in [6.07, 6.45) is -2.11. The Morgan fingerprint density at radius 1 is 1.05 bits per heavy atom. The zero-order valence-electron chi connectivity index (χ0n) is 20.7. The molecular formula is C27H28F3N5O3. The van der Waals surface area contributed by atoms with Gasteiger partial charge >= 0.3 is 12.1 Å². The molecular weight excluding hydrogens is 499 g/mol. The lowest BCUT2D eigenvalue weighted by atomic mass is 10.0. The van der Waals surface area contributed by atoms with Gasteiger partial charge in [0.2, 0.25) is 11.9 Å². The van der Waals surface area contributed by atoms with E-state index in [1.165, 1.54) is 12.1 Å². The van der Waals surface area contributed by atoms with Gasteiger partial charge in [0.1, 0.15) is 18.0 Å². The Kier molecular flexibility index (Phi) is 8.45. The summed E-state index contributed by atoms with van der Waals surface area (Å²) in [6.45, 7) is 2.37. The van der Waals surface area contributed by atoms with Crippen LogP contribution >= 0.6 is 0 Å². The Labute approximate surface area is 218 Å². The molecule has 1 aliphatic carbocycles. The molecule has 1 heterocycles. The van der Waals surface area contributed by atoms with Gasteiger partial charge in [0.25, 0.3) is 0 Å². The molecule has 2 atom stereocenters. The number of esters is 1. The van der Waals surface area contributed by atoms with E-state index in [0.29, 0.717) is 36.8 Å². The molecule has 8 nitrogen and oxygen atoms in total. The molecule has 3 N–H and O–H groups in total. The second-order valence-corrected chi connectivity index (χ2v) is 8.90. The van der Waals surface area contributed by atoms with Crippen molar-refractivity contribution in [1.82, 2.24) is 15.3 Å². The molecule has 11 heteroatoms.